The van der Waals surface area contributed by atoms with E-state index in [4.69, 9.17) is 9.47 Å². The highest BCUT2D eigenvalue weighted by Crippen LogP contribution is 2.27. The van der Waals surface area contributed by atoms with Crippen LogP contribution in [0.2, 0.25) is 0 Å². The average Bonchev–Trinajstić information content (AvgIpc) is 3.18. The number of rotatable bonds is 5. The van der Waals surface area contributed by atoms with Crippen molar-refractivity contribution in [1.29, 1.82) is 0 Å². The molecule has 0 aliphatic carbocycles. The zero-order valence-corrected chi connectivity index (χ0v) is 13.4. The van der Waals surface area contributed by atoms with Gasteiger partial charge in [-0.3, -0.25) is 9.89 Å². The van der Waals surface area contributed by atoms with Crippen molar-refractivity contribution in [3.8, 4) is 11.1 Å². The average molecular weight is 315 g/mol. The topological polar surface area (TPSA) is 76.2 Å². The number of amides is 1. The molecule has 1 aliphatic heterocycles. The van der Waals surface area contributed by atoms with E-state index in [1.165, 1.54) is 0 Å². The number of aryl methyl sites for hydroxylation is 1. The minimum Gasteiger partial charge on any atom is -0.379 e. The van der Waals surface area contributed by atoms with Crippen LogP contribution in [0.4, 0.5) is 0 Å². The van der Waals surface area contributed by atoms with Gasteiger partial charge in [0.1, 0.15) is 0 Å². The predicted molar refractivity (Wildman–Crippen MR) is 86.2 cm³/mol. The van der Waals surface area contributed by atoms with E-state index in [9.17, 15) is 4.79 Å². The molecule has 1 saturated heterocycles. The maximum atomic E-state index is 12.4. The molecule has 6 nitrogen and oxygen atoms in total. The Bertz CT molecular complexity index is 690. The normalized spacial score (nSPS) is 17.4. The number of hydrogen-bond acceptors (Lipinski definition) is 4. The molecule has 3 rings (SSSR count). The fourth-order valence-electron chi connectivity index (χ4n) is 2.84. The lowest BCUT2D eigenvalue weighted by atomic mass is 10.0. The fraction of sp³-hybridized carbons (Fsp3) is 0.412. The van der Waals surface area contributed by atoms with Crippen molar-refractivity contribution in [3.05, 3.63) is 41.2 Å². The van der Waals surface area contributed by atoms with E-state index >= 15 is 0 Å². The summed E-state index contributed by atoms with van der Waals surface area (Å²) in [6.45, 7) is 3.68. The highest BCUT2D eigenvalue weighted by molar-refractivity contribution is 5.95. The van der Waals surface area contributed by atoms with E-state index in [1.807, 2.05) is 31.2 Å². The molecule has 2 heterocycles. The molecule has 2 aromatic rings. The van der Waals surface area contributed by atoms with Gasteiger partial charge in [-0.2, -0.15) is 5.10 Å². The number of nitrogens with one attached hydrogen (secondary N) is 2. The molecule has 2 N–H and O–H groups in total. The monoisotopic (exact) mass is 315 g/mol. The Morgan fingerprint density at radius 1 is 1.52 bits per heavy atom. The van der Waals surface area contributed by atoms with Crippen LogP contribution >= 0.6 is 0 Å². The molecule has 0 unspecified atom stereocenters. The van der Waals surface area contributed by atoms with Crippen molar-refractivity contribution in [2.75, 3.05) is 20.3 Å². The van der Waals surface area contributed by atoms with Crippen LogP contribution in [0.5, 0.6) is 0 Å². The molecule has 0 saturated carbocycles. The molecule has 1 atom stereocenters. The van der Waals surface area contributed by atoms with Gasteiger partial charge in [-0.15, -0.1) is 0 Å². The Kier molecular flexibility index (Phi) is 4.73. The van der Waals surface area contributed by atoms with Gasteiger partial charge < -0.3 is 14.8 Å². The molecule has 6 heteroatoms. The maximum Gasteiger partial charge on any atom is 0.251 e. The molecule has 1 aromatic heterocycles. The van der Waals surface area contributed by atoms with Crippen molar-refractivity contribution in [1.82, 2.24) is 15.5 Å². The molecule has 1 amide bonds. The van der Waals surface area contributed by atoms with Gasteiger partial charge in [0.2, 0.25) is 0 Å². The molecule has 1 fully saturated rings. The third kappa shape index (κ3) is 3.43. The summed E-state index contributed by atoms with van der Waals surface area (Å²) in [4.78, 5) is 12.4. The lowest BCUT2D eigenvalue weighted by molar-refractivity contribution is 0.0930. The van der Waals surface area contributed by atoms with Gasteiger partial charge in [-0.05, 0) is 31.0 Å². The number of aromatic amines is 1. The van der Waals surface area contributed by atoms with Crippen LogP contribution in [0.3, 0.4) is 0 Å². The number of hydrogen-bond donors (Lipinski definition) is 2. The second kappa shape index (κ2) is 6.93. The Morgan fingerprint density at radius 2 is 2.39 bits per heavy atom. The van der Waals surface area contributed by atoms with Crippen molar-refractivity contribution < 1.29 is 14.3 Å². The number of carbonyl (C=O) groups is 1. The lowest BCUT2D eigenvalue weighted by Gasteiger charge is -2.11. The highest BCUT2D eigenvalue weighted by Gasteiger charge is 2.19. The van der Waals surface area contributed by atoms with Gasteiger partial charge in [0.25, 0.3) is 5.91 Å². The molecular weight excluding hydrogens is 294 g/mol. The number of benzene rings is 1. The number of aromatic nitrogens is 2. The second-order valence-electron chi connectivity index (χ2n) is 5.72. The van der Waals surface area contributed by atoms with Gasteiger partial charge in [0.15, 0.2) is 0 Å². The van der Waals surface area contributed by atoms with Crippen molar-refractivity contribution in [3.63, 3.8) is 0 Å². The SMILES string of the molecule is COCc1n[nH]c(C)c1-c1cccc(C(=O)N[C@H]2CCOC2)c1. The van der Waals surface area contributed by atoms with Crippen LogP contribution in [0, 0.1) is 6.92 Å². The van der Waals surface area contributed by atoms with E-state index < -0.39 is 0 Å². The van der Waals surface area contributed by atoms with Crippen LogP contribution < -0.4 is 5.32 Å². The van der Waals surface area contributed by atoms with E-state index in [0.29, 0.717) is 25.4 Å². The minimum atomic E-state index is -0.0724. The Hall–Kier alpha value is -2.18. The first-order valence-electron chi connectivity index (χ1n) is 7.71. The molecule has 122 valence electrons. The Labute approximate surface area is 135 Å². The molecule has 1 aliphatic rings. The molecule has 0 bridgehead atoms. The van der Waals surface area contributed by atoms with Crippen LogP contribution in [-0.2, 0) is 16.1 Å². The third-order valence-electron chi connectivity index (χ3n) is 3.98. The maximum absolute atomic E-state index is 12.4. The van der Waals surface area contributed by atoms with Gasteiger partial charge in [-0.25, -0.2) is 0 Å². The van der Waals surface area contributed by atoms with Crippen LogP contribution in [0.25, 0.3) is 11.1 Å². The Balaban J connectivity index is 1.85. The van der Waals surface area contributed by atoms with E-state index in [0.717, 1.165) is 28.9 Å². The van der Waals surface area contributed by atoms with Gasteiger partial charge in [-0.1, -0.05) is 12.1 Å². The molecule has 1 aromatic carbocycles. The van der Waals surface area contributed by atoms with Gasteiger partial charge >= 0.3 is 0 Å². The predicted octanol–water partition coefficient (Wildman–Crippen LogP) is 2.05. The zero-order chi connectivity index (χ0) is 16.2. The van der Waals surface area contributed by atoms with Gasteiger partial charge in [0.05, 0.1) is 24.9 Å². The lowest BCUT2D eigenvalue weighted by Crippen LogP contribution is -2.34. The van der Waals surface area contributed by atoms with Crippen LogP contribution in [-0.4, -0.2) is 42.5 Å². The van der Waals surface area contributed by atoms with Crippen LogP contribution in [0.1, 0.15) is 28.2 Å². The van der Waals surface area contributed by atoms with Crippen LogP contribution in [0.15, 0.2) is 24.3 Å². The quantitative estimate of drug-likeness (QED) is 0.885. The van der Waals surface area contributed by atoms with Crippen molar-refractivity contribution in [2.24, 2.45) is 0 Å². The number of carbonyl (C=O) groups excluding carboxylic acids is 1. The molecular formula is C17H21N3O3. The largest absolute Gasteiger partial charge is 0.379 e. The fourth-order valence-corrected chi connectivity index (χ4v) is 2.84. The smallest absolute Gasteiger partial charge is 0.251 e. The summed E-state index contributed by atoms with van der Waals surface area (Å²) in [5.74, 6) is -0.0724. The summed E-state index contributed by atoms with van der Waals surface area (Å²) in [5, 5.41) is 10.3. The van der Waals surface area contributed by atoms with Crippen molar-refractivity contribution in [2.45, 2.75) is 26.0 Å². The molecule has 0 spiro atoms. The Morgan fingerprint density at radius 3 is 3.13 bits per heavy atom. The first kappa shape index (κ1) is 15.7. The molecule has 23 heavy (non-hydrogen) atoms. The van der Waals surface area contributed by atoms with E-state index in [2.05, 4.69) is 15.5 Å². The summed E-state index contributed by atoms with van der Waals surface area (Å²) in [6, 6.07) is 7.68. The summed E-state index contributed by atoms with van der Waals surface area (Å²) >= 11 is 0. The zero-order valence-electron chi connectivity index (χ0n) is 13.4. The first-order chi connectivity index (χ1) is 11.2. The van der Waals surface area contributed by atoms with Gasteiger partial charge in [0, 0.05) is 30.5 Å². The first-order valence-corrected chi connectivity index (χ1v) is 7.71. The number of H-pyrrole nitrogens is 1. The van der Waals surface area contributed by atoms with Crippen molar-refractivity contribution >= 4 is 5.91 Å². The molecule has 0 radical (unpaired) electrons. The third-order valence-corrected chi connectivity index (χ3v) is 3.98. The summed E-state index contributed by atoms with van der Waals surface area (Å²) < 4.78 is 10.5. The number of ether oxygens (including phenoxy) is 2. The van der Waals surface area contributed by atoms with E-state index in [-0.39, 0.29) is 11.9 Å². The minimum absolute atomic E-state index is 0.0724. The number of methoxy groups -OCH3 is 1. The summed E-state index contributed by atoms with van der Waals surface area (Å²) in [7, 11) is 1.64. The second-order valence-corrected chi connectivity index (χ2v) is 5.72. The standard InChI is InChI=1S/C17H21N3O3/c1-11-16(15(10-22-2)20-19-11)12-4-3-5-13(8-12)17(21)18-14-6-7-23-9-14/h3-5,8,14H,6-7,9-10H2,1-2H3,(H,18,21)(H,19,20)/t14-/m0/s1. The van der Waals surface area contributed by atoms with E-state index in [1.54, 1.807) is 7.11 Å². The highest BCUT2D eigenvalue weighted by atomic mass is 16.5. The summed E-state index contributed by atoms with van der Waals surface area (Å²) in [5.41, 5.74) is 4.38. The summed E-state index contributed by atoms with van der Waals surface area (Å²) in [6.07, 6.45) is 0.865. The number of nitrogens with zero attached hydrogens (tertiary/aromatic N) is 1.